The smallest absolute Gasteiger partial charge is 0.410 e. The molecule has 6 rings (SSSR count). The second-order valence-corrected chi connectivity index (χ2v) is 16.4. The average Bonchev–Trinajstić information content (AvgIpc) is 3.91. The van der Waals surface area contributed by atoms with E-state index in [4.69, 9.17) is 9.47 Å². The number of likely N-dealkylation sites (tertiary alicyclic amines) is 2. The number of hydrogen-bond donors (Lipinski definition) is 4. The van der Waals surface area contributed by atoms with Crippen LogP contribution in [0.4, 0.5) is 21.0 Å². The summed E-state index contributed by atoms with van der Waals surface area (Å²) in [5.41, 5.74) is 0.615. The van der Waals surface area contributed by atoms with Crippen LogP contribution in [0.5, 0.6) is 0 Å². The van der Waals surface area contributed by atoms with Crippen LogP contribution in [0.1, 0.15) is 44.2 Å². The Kier molecular flexibility index (Phi) is 13.1. The maximum Gasteiger partial charge on any atom is 0.410 e. The lowest BCUT2D eigenvalue weighted by molar-refractivity contribution is -0.385. The van der Waals surface area contributed by atoms with Gasteiger partial charge in [0.1, 0.15) is 18.9 Å². The molecule has 59 heavy (non-hydrogen) atoms. The number of carbonyl (C=O) groups excluding carboxylic acids is 4. The Balaban J connectivity index is 1.07. The molecule has 3 fully saturated rings. The third-order valence-corrected chi connectivity index (χ3v) is 12.7. The number of fused-ring (bicyclic) bond motifs is 1. The Morgan fingerprint density at radius 1 is 0.949 bits per heavy atom. The summed E-state index contributed by atoms with van der Waals surface area (Å²) in [5, 5.41) is 56.0. The van der Waals surface area contributed by atoms with Crippen molar-refractivity contribution < 1.29 is 58.6 Å². The van der Waals surface area contributed by atoms with Crippen molar-refractivity contribution in [2.24, 2.45) is 17.8 Å². The molecule has 20 nitrogen and oxygen atoms in total. The summed E-state index contributed by atoms with van der Waals surface area (Å²) in [6.45, 7) is 3.75. The molecule has 4 aliphatic rings. The van der Waals surface area contributed by atoms with E-state index in [-0.39, 0.29) is 74.6 Å². The Bertz CT molecular complexity index is 2010. The van der Waals surface area contributed by atoms with Crippen LogP contribution in [0.15, 0.2) is 59.1 Å². The third kappa shape index (κ3) is 9.42. The number of β-lactam (4-membered cyclic amide) rings is 1. The van der Waals surface area contributed by atoms with Crippen molar-refractivity contribution in [3.8, 4) is 0 Å². The molecule has 8 atom stereocenters. The number of carboxylic acid groups (broad SMARTS) is 1. The predicted octanol–water partition coefficient (Wildman–Crippen LogP) is 3.00. The number of nitro benzene ring substituents is 2. The number of aliphatic hydroxyl groups excluding tert-OH is 2. The van der Waals surface area contributed by atoms with Crippen LogP contribution < -0.4 is 5.32 Å². The number of nitrogens with zero attached hydrogens (tertiary/aromatic N) is 5. The number of carbonyl (C=O) groups is 5. The SMILES string of the molecule is C[C@@H](O)[C@H]1C(=O)N2C(C(=O)O)=C(S[C@H]3C[C@@H](C(O)CC(=O)N4CC[C@H](CNC(=O)OCc5ccc([N+](=O)[O-])cc5)C4)N(C(=O)OCc4ccc([N+](=O)[O-])cc4)C3)[C@H](C)[C@H]12. The van der Waals surface area contributed by atoms with Crippen LogP contribution >= 0.6 is 11.8 Å². The van der Waals surface area contributed by atoms with Crippen molar-refractivity contribution in [3.63, 3.8) is 0 Å². The second kappa shape index (κ2) is 18.0. The minimum Gasteiger partial charge on any atom is -0.477 e. The number of carboxylic acids is 1. The highest BCUT2D eigenvalue weighted by Gasteiger charge is 2.60. The van der Waals surface area contributed by atoms with E-state index in [1.165, 1.54) is 77.0 Å². The van der Waals surface area contributed by atoms with E-state index in [2.05, 4.69) is 5.32 Å². The molecule has 4 aliphatic heterocycles. The van der Waals surface area contributed by atoms with Gasteiger partial charge in [-0.3, -0.25) is 29.8 Å². The van der Waals surface area contributed by atoms with Crippen molar-refractivity contribution in [2.75, 3.05) is 26.2 Å². The van der Waals surface area contributed by atoms with E-state index in [1.54, 1.807) is 11.8 Å². The number of aliphatic hydroxyl groups is 2. The lowest BCUT2D eigenvalue weighted by atomic mass is 9.79. The number of amides is 4. The molecule has 0 bridgehead atoms. The number of rotatable bonds is 15. The van der Waals surface area contributed by atoms with E-state index in [9.17, 15) is 59.5 Å². The molecule has 4 heterocycles. The summed E-state index contributed by atoms with van der Waals surface area (Å²) < 4.78 is 10.8. The van der Waals surface area contributed by atoms with Gasteiger partial charge in [0.2, 0.25) is 11.8 Å². The lowest BCUT2D eigenvalue weighted by Gasteiger charge is -2.46. The summed E-state index contributed by atoms with van der Waals surface area (Å²) in [4.78, 5) is 90.0. The number of hydrogen-bond acceptors (Lipinski definition) is 14. The Hall–Kier alpha value is -5.80. The molecule has 0 aliphatic carbocycles. The molecule has 4 N–H and O–H groups in total. The molecule has 1 unspecified atom stereocenters. The van der Waals surface area contributed by atoms with Gasteiger partial charge in [-0.2, -0.15) is 0 Å². The fourth-order valence-electron chi connectivity index (χ4n) is 8.10. The number of ether oxygens (including phenoxy) is 2. The van der Waals surface area contributed by atoms with Gasteiger partial charge in [0.15, 0.2) is 0 Å². The number of benzene rings is 2. The number of non-ortho nitro benzene ring substituents is 2. The topological polar surface area (TPSA) is 273 Å². The first-order chi connectivity index (χ1) is 28.0. The highest BCUT2D eigenvalue weighted by atomic mass is 32.2. The standard InChI is InChI=1S/C38H44N6O14S/c1-20-32-31(21(2)45)35(48)42(32)33(36(49)50)34(20)59-27-13-28(41(17-27)38(52)58-19-23-5-9-26(10-6-23)44(55)56)29(46)14-30(47)40-12-11-24(16-40)15-39-37(51)57-18-22-3-7-25(8-4-22)43(53)54/h3-10,20-21,24,27-29,31-32,45-46H,11-19H2,1-2H3,(H,39,51)(H,49,50)/t20-,21-,24-,27+,28+,29?,31-,32-/m1/s1. The molecular weight excluding hydrogens is 797 g/mol. The first-order valence-corrected chi connectivity index (χ1v) is 19.8. The van der Waals surface area contributed by atoms with E-state index in [0.717, 1.165) is 0 Å². The molecule has 316 valence electrons. The van der Waals surface area contributed by atoms with Gasteiger partial charge < -0.3 is 44.8 Å². The van der Waals surface area contributed by atoms with Crippen LogP contribution in [-0.4, -0.2) is 126 Å². The first-order valence-electron chi connectivity index (χ1n) is 19.0. The molecule has 0 aromatic heterocycles. The van der Waals surface area contributed by atoms with Gasteiger partial charge in [0, 0.05) is 66.5 Å². The summed E-state index contributed by atoms with van der Waals surface area (Å²) >= 11 is 1.17. The van der Waals surface area contributed by atoms with Crippen LogP contribution in [0.3, 0.4) is 0 Å². The monoisotopic (exact) mass is 840 g/mol. The highest BCUT2D eigenvalue weighted by molar-refractivity contribution is 8.03. The Morgan fingerprint density at radius 2 is 1.54 bits per heavy atom. The Labute approximate surface area is 341 Å². The summed E-state index contributed by atoms with van der Waals surface area (Å²) in [7, 11) is 0. The van der Waals surface area contributed by atoms with Gasteiger partial charge in [-0.15, -0.1) is 11.8 Å². The van der Waals surface area contributed by atoms with E-state index in [1.807, 2.05) is 0 Å². The predicted molar refractivity (Wildman–Crippen MR) is 206 cm³/mol. The van der Waals surface area contributed by atoms with E-state index < -0.39 is 75.3 Å². The highest BCUT2D eigenvalue weighted by Crippen LogP contribution is 2.52. The van der Waals surface area contributed by atoms with Crippen molar-refractivity contribution in [1.82, 2.24) is 20.0 Å². The van der Waals surface area contributed by atoms with E-state index in [0.29, 0.717) is 29.0 Å². The molecule has 0 radical (unpaired) electrons. The maximum atomic E-state index is 13.6. The van der Waals surface area contributed by atoms with Crippen LogP contribution in [0.25, 0.3) is 0 Å². The van der Waals surface area contributed by atoms with Gasteiger partial charge in [0.25, 0.3) is 11.4 Å². The van der Waals surface area contributed by atoms with Crippen molar-refractivity contribution in [2.45, 2.75) is 75.9 Å². The summed E-state index contributed by atoms with van der Waals surface area (Å²) in [5.74, 6) is -3.50. The molecule has 21 heteroatoms. The molecule has 0 spiro atoms. The van der Waals surface area contributed by atoms with Crippen molar-refractivity contribution in [1.29, 1.82) is 0 Å². The zero-order valence-electron chi connectivity index (χ0n) is 32.1. The Morgan fingerprint density at radius 3 is 2.10 bits per heavy atom. The zero-order valence-corrected chi connectivity index (χ0v) is 32.9. The third-order valence-electron chi connectivity index (χ3n) is 11.2. The number of alkyl carbamates (subject to hydrolysis) is 1. The van der Waals surface area contributed by atoms with Gasteiger partial charge in [-0.1, -0.05) is 6.92 Å². The summed E-state index contributed by atoms with van der Waals surface area (Å²) in [6, 6.07) is 9.52. The first kappa shape index (κ1) is 42.8. The number of thioether (sulfide) groups is 1. The fourth-order valence-corrected chi connectivity index (χ4v) is 9.64. The van der Waals surface area contributed by atoms with Crippen molar-refractivity contribution in [3.05, 3.63) is 90.5 Å². The fraction of sp³-hybridized carbons (Fsp3) is 0.500. The largest absolute Gasteiger partial charge is 0.477 e. The lowest BCUT2D eigenvalue weighted by Crippen LogP contribution is -2.63. The van der Waals surface area contributed by atoms with Gasteiger partial charge in [-0.05, 0) is 61.1 Å². The molecule has 4 amide bonds. The minimum absolute atomic E-state index is 0.000999. The molecule has 2 aromatic carbocycles. The van der Waals surface area contributed by atoms with Crippen LogP contribution in [0.2, 0.25) is 0 Å². The number of nitro groups is 2. The van der Waals surface area contributed by atoms with Crippen molar-refractivity contribution >= 4 is 53.1 Å². The molecule has 2 aromatic rings. The molecule has 0 saturated carbocycles. The van der Waals surface area contributed by atoms with Crippen LogP contribution in [0, 0.1) is 38.0 Å². The van der Waals surface area contributed by atoms with Crippen LogP contribution in [-0.2, 0) is 37.1 Å². The second-order valence-electron chi connectivity index (χ2n) is 15.1. The van der Waals surface area contributed by atoms with Gasteiger partial charge in [-0.25, -0.2) is 14.4 Å². The molecule has 3 saturated heterocycles. The maximum absolute atomic E-state index is 13.6. The molecular formula is C38H44N6O14S. The van der Waals surface area contributed by atoms with Gasteiger partial charge >= 0.3 is 18.2 Å². The number of aliphatic carboxylic acids is 1. The minimum atomic E-state index is -1.36. The quantitative estimate of drug-likeness (QED) is 0.114. The van der Waals surface area contributed by atoms with E-state index >= 15 is 0 Å². The average molecular weight is 841 g/mol. The van der Waals surface area contributed by atoms with Gasteiger partial charge in [0.05, 0.1) is 46.5 Å². The normalized spacial score (nSPS) is 24.6. The number of nitrogens with one attached hydrogen (secondary N) is 1. The summed E-state index contributed by atoms with van der Waals surface area (Å²) in [6.07, 6.45) is -3.53. The zero-order chi connectivity index (χ0) is 42.7.